The minimum atomic E-state index is -0.762. The zero-order valence-corrected chi connectivity index (χ0v) is 54.9. The molecular formula is C74H144O6. The molecule has 0 radical (unpaired) electrons. The number of carbonyl (C=O) groups is 3. The smallest absolute Gasteiger partial charge is 0.306 e. The largest absolute Gasteiger partial charge is 0.462 e. The van der Waals surface area contributed by atoms with Crippen LogP contribution in [0.4, 0.5) is 0 Å². The Hall–Kier alpha value is -1.59. The molecule has 0 amide bonds. The number of unbranched alkanes of at least 4 members (excludes halogenated alkanes) is 59. The van der Waals surface area contributed by atoms with Gasteiger partial charge in [-0.15, -0.1) is 0 Å². The van der Waals surface area contributed by atoms with E-state index < -0.39 is 6.10 Å². The minimum Gasteiger partial charge on any atom is -0.462 e. The molecule has 0 aliphatic heterocycles. The summed E-state index contributed by atoms with van der Waals surface area (Å²) in [6.07, 6.45) is 83.2. The van der Waals surface area contributed by atoms with Crippen LogP contribution in [0.25, 0.3) is 0 Å². The Morgan fingerprint density at radius 1 is 0.200 bits per heavy atom. The molecule has 0 aromatic rings. The summed E-state index contributed by atoms with van der Waals surface area (Å²) in [6.45, 7) is 6.71. The van der Waals surface area contributed by atoms with Gasteiger partial charge in [-0.2, -0.15) is 0 Å². The van der Waals surface area contributed by atoms with Gasteiger partial charge in [-0.05, 0) is 19.3 Å². The van der Waals surface area contributed by atoms with Gasteiger partial charge in [0.1, 0.15) is 13.2 Å². The van der Waals surface area contributed by atoms with Crippen LogP contribution in [0.2, 0.25) is 0 Å². The summed E-state index contributed by atoms with van der Waals surface area (Å²) in [4.78, 5) is 38.3. The number of ether oxygens (including phenoxy) is 3. The van der Waals surface area contributed by atoms with E-state index in [1.165, 1.54) is 340 Å². The quantitative estimate of drug-likeness (QED) is 0.0343. The van der Waals surface area contributed by atoms with Crippen molar-refractivity contribution in [3.8, 4) is 0 Å². The fraction of sp³-hybridized carbons (Fsp3) is 0.959. The normalized spacial score (nSPS) is 11.9. The SMILES string of the molecule is CCCCCCCCCCCCCCCCCCCCCCCCCCCCCC(=O)OCC(COC(=O)CCCCCCCCCC)OC(=O)CCCCCCCCCCCCCCCCCCCCCCCCCCCCC. The maximum atomic E-state index is 12.9. The average molecular weight is 1130 g/mol. The molecule has 0 fully saturated rings. The first-order valence-electron chi connectivity index (χ1n) is 37.0. The van der Waals surface area contributed by atoms with Gasteiger partial charge in [-0.1, -0.05) is 400 Å². The van der Waals surface area contributed by atoms with Crippen molar-refractivity contribution in [3.63, 3.8) is 0 Å². The van der Waals surface area contributed by atoms with Crippen molar-refractivity contribution in [2.75, 3.05) is 13.2 Å². The molecule has 0 aromatic heterocycles. The molecule has 0 saturated heterocycles. The zero-order chi connectivity index (χ0) is 57.8. The molecule has 476 valence electrons. The van der Waals surface area contributed by atoms with Gasteiger partial charge in [0.2, 0.25) is 0 Å². The van der Waals surface area contributed by atoms with E-state index in [0.717, 1.165) is 57.8 Å². The van der Waals surface area contributed by atoms with Gasteiger partial charge in [0.25, 0.3) is 0 Å². The van der Waals surface area contributed by atoms with Crippen molar-refractivity contribution < 1.29 is 28.6 Å². The van der Waals surface area contributed by atoms with E-state index in [0.29, 0.717) is 19.3 Å². The highest BCUT2D eigenvalue weighted by Gasteiger charge is 2.20. The molecule has 6 heteroatoms. The molecule has 0 aromatic carbocycles. The summed E-state index contributed by atoms with van der Waals surface area (Å²) in [6, 6.07) is 0. The van der Waals surface area contributed by atoms with Gasteiger partial charge in [0, 0.05) is 19.3 Å². The number of rotatable bonds is 70. The Morgan fingerprint density at radius 2 is 0.338 bits per heavy atom. The van der Waals surface area contributed by atoms with Crippen LogP contribution >= 0.6 is 0 Å². The third-order valence-electron chi connectivity index (χ3n) is 17.4. The Morgan fingerprint density at radius 3 is 0.500 bits per heavy atom. The summed E-state index contributed by atoms with van der Waals surface area (Å²) in [5, 5.41) is 0. The summed E-state index contributed by atoms with van der Waals surface area (Å²) in [7, 11) is 0. The molecule has 6 nitrogen and oxygen atoms in total. The van der Waals surface area contributed by atoms with Gasteiger partial charge < -0.3 is 14.2 Å². The lowest BCUT2D eigenvalue weighted by Crippen LogP contribution is -2.30. The third kappa shape index (κ3) is 67.2. The van der Waals surface area contributed by atoms with Gasteiger partial charge >= 0.3 is 17.9 Å². The van der Waals surface area contributed by atoms with Crippen molar-refractivity contribution in [1.29, 1.82) is 0 Å². The first-order valence-corrected chi connectivity index (χ1v) is 37.0. The van der Waals surface area contributed by atoms with Crippen LogP contribution in [0.5, 0.6) is 0 Å². The molecule has 0 rings (SSSR count). The standard InChI is InChI=1S/C74H144O6/c1-4-7-10-13-16-19-21-23-25-27-29-31-33-35-37-39-41-43-45-47-49-51-53-55-58-61-64-67-73(76)79-70-71(69-78-72(75)66-63-60-57-18-15-12-9-6-3)80-74(77)68-65-62-59-56-54-52-50-48-46-44-42-40-38-36-34-32-30-28-26-24-22-20-17-14-11-8-5-2/h71H,4-70H2,1-3H3. The molecule has 1 atom stereocenters. The molecule has 0 aliphatic rings. The van der Waals surface area contributed by atoms with Crippen LogP contribution in [0.3, 0.4) is 0 Å². The average Bonchev–Trinajstić information content (AvgIpc) is 3.46. The maximum absolute atomic E-state index is 12.9. The van der Waals surface area contributed by atoms with Crippen LogP contribution in [0, 0.1) is 0 Å². The van der Waals surface area contributed by atoms with E-state index in [-0.39, 0.29) is 31.1 Å². The van der Waals surface area contributed by atoms with Crippen molar-refractivity contribution >= 4 is 17.9 Å². The summed E-state index contributed by atoms with van der Waals surface area (Å²) in [5.41, 5.74) is 0. The summed E-state index contributed by atoms with van der Waals surface area (Å²) < 4.78 is 16.9. The fourth-order valence-corrected chi connectivity index (χ4v) is 11.8. The molecule has 0 N–H and O–H groups in total. The Labute approximate surface area is 501 Å². The molecule has 0 heterocycles. The Balaban J connectivity index is 4.00. The lowest BCUT2D eigenvalue weighted by Gasteiger charge is -2.18. The van der Waals surface area contributed by atoms with Gasteiger partial charge in [0.15, 0.2) is 6.10 Å². The number of carbonyl (C=O) groups excluding carboxylic acids is 3. The third-order valence-corrected chi connectivity index (χ3v) is 17.4. The van der Waals surface area contributed by atoms with Crippen LogP contribution in [-0.4, -0.2) is 37.2 Å². The number of esters is 3. The zero-order valence-electron chi connectivity index (χ0n) is 54.9. The van der Waals surface area contributed by atoms with Gasteiger partial charge in [-0.3, -0.25) is 14.4 Å². The second-order valence-electron chi connectivity index (χ2n) is 25.6. The van der Waals surface area contributed by atoms with E-state index in [4.69, 9.17) is 14.2 Å². The van der Waals surface area contributed by atoms with Gasteiger partial charge in [-0.25, -0.2) is 0 Å². The summed E-state index contributed by atoms with van der Waals surface area (Å²) >= 11 is 0. The molecule has 0 spiro atoms. The predicted molar refractivity (Wildman–Crippen MR) is 349 cm³/mol. The molecule has 1 unspecified atom stereocenters. The topological polar surface area (TPSA) is 78.9 Å². The van der Waals surface area contributed by atoms with E-state index in [9.17, 15) is 14.4 Å². The van der Waals surface area contributed by atoms with Crippen LogP contribution in [-0.2, 0) is 28.6 Å². The summed E-state index contributed by atoms with van der Waals surface area (Å²) in [5.74, 6) is -0.827. The first kappa shape index (κ1) is 78.4. The lowest BCUT2D eigenvalue weighted by atomic mass is 10.0. The number of hydrogen-bond donors (Lipinski definition) is 0. The van der Waals surface area contributed by atoms with Crippen molar-refractivity contribution in [3.05, 3.63) is 0 Å². The highest BCUT2D eigenvalue weighted by molar-refractivity contribution is 5.71. The maximum Gasteiger partial charge on any atom is 0.306 e. The van der Waals surface area contributed by atoms with E-state index in [1.54, 1.807) is 0 Å². The predicted octanol–water partition coefficient (Wildman–Crippen LogP) is 25.4. The van der Waals surface area contributed by atoms with E-state index in [1.807, 2.05) is 0 Å². The van der Waals surface area contributed by atoms with Crippen molar-refractivity contribution in [1.82, 2.24) is 0 Å². The highest BCUT2D eigenvalue weighted by Crippen LogP contribution is 2.20. The Bertz CT molecular complexity index is 1200. The first-order chi connectivity index (χ1) is 39.5. The molecule has 0 saturated carbocycles. The number of hydrogen-bond acceptors (Lipinski definition) is 6. The molecule has 0 bridgehead atoms. The van der Waals surface area contributed by atoms with E-state index in [2.05, 4.69) is 20.8 Å². The van der Waals surface area contributed by atoms with Crippen molar-refractivity contribution in [2.45, 2.75) is 444 Å². The Kier molecular flexibility index (Phi) is 68.5. The second kappa shape index (κ2) is 69.9. The lowest BCUT2D eigenvalue weighted by molar-refractivity contribution is -0.167. The second-order valence-corrected chi connectivity index (χ2v) is 25.6. The fourth-order valence-electron chi connectivity index (χ4n) is 11.8. The van der Waals surface area contributed by atoms with Crippen molar-refractivity contribution in [2.24, 2.45) is 0 Å². The minimum absolute atomic E-state index is 0.0609. The molecular weight excluding hydrogens is 985 g/mol. The van der Waals surface area contributed by atoms with Crippen LogP contribution in [0.15, 0.2) is 0 Å². The molecule has 0 aliphatic carbocycles. The van der Waals surface area contributed by atoms with Crippen LogP contribution < -0.4 is 0 Å². The van der Waals surface area contributed by atoms with Gasteiger partial charge in [0.05, 0.1) is 0 Å². The monoisotopic (exact) mass is 1130 g/mol. The molecule has 80 heavy (non-hydrogen) atoms. The van der Waals surface area contributed by atoms with Crippen LogP contribution in [0.1, 0.15) is 438 Å². The highest BCUT2D eigenvalue weighted by atomic mass is 16.6. The van der Waals surface area contributed by atoms with E-state index >= 15 is 0 Å².